The maximum Gasteiger partial charge on any atom is 0.233 e. The predicted octanol–water partition coefficient (Wildman–Crippen LogP) is 3.70. The number of amides is 1. The highest BCUT2D eigenvalue weighted by molar-refractivity contribution is 7.80. The number of hydrogen-bond donors (Lipinski definition) is 2. The molecular formula is C16H30N2OS. The Morgan fingerprint density at radius 1 is 1.15 bits per heavy atom. The molecule has 1 aliphatic rings. The summed E-state index contributed by atoms with van der Waals surface area (Å²) in [5.41, 5.74) is 5.32. The molecular weight excluding hydrogens is 268 g/mol. The zero-order valence-electron chi connectivity index (χ0n) is 13.0. The van der Waals surface area contributed by atoms with E-state index in [0.29, 0.717) is 11.0 Å². The zero-order chi connectivity index (χ0) is 15.0. The molecule has 0 aromatic carbocycles. The van der Waals surface area contributed by atoms with Gasteiger partial charge in [0.2, 0.25) is 5.91 Å². The number of nitrogens with two attached hydrogens (primary N) is 1. The second-order valence-corrected chi connectivity index (χ2v) is 6.55. The van der Waals surface area contributed by atoms with Gasteiger partial charge in [0.1, 0.15) is 0 Å². The Morgan fingerprint density at radius 2 is 1.65 bits per heavy atom. The number of carbonyl (C=O) groups is 1. The highest BCUT2D eigenvalue weighted by atomic mass is 32.1. The van der Waals surface area contributed by atoms with Gasteiger partial charge in [-0.05, 0) is 25.7 Å². The monoisotopic (exact) mass is 298 g/mol. The standard InChI is InChI=1S/C16H30N2OS/c1-3-11-16(12-4-2,14(17)20)15(19)18-13-9-7-5-6-8-10-13/h13H,3-12H2,1-2H3,(H2,17,20)(H,18,19). The Balaban J connectivity index is 2.77. The fraction of sp³-hybridized carbons (Fsp3) is 0.875. The first-order chi connectivity index (χ1) is 9.56. The third kappa shape index (κ3) is 4.44. The molecule has 0 heterocycles. The molecule has 1 rings (SSSR count). The minimum Gasteiger partial charge on any atom is -0.392 e. The van der Waals surface area contributed by atoms with Crippen molar-refractivity contribution < 1.29 is 4.79 Å². The highest BCUT2D eigenvalue weighted by Gasteiger charge is 2.40. The molecule has 116 valence electrons. The minimum absolute atomic E-state index is 0.0700. The van der Waals surface area contributed by atoms with Gasteiger partial charge in [0.05, 0.1) is 10.4 Å². The number of nitrogens with one attached hydrogen (secondary N) is 1. The lowest BCUT2D eigenvalue weighted by Gasteiger charge is -2.33. The molecule has 0 atom stereocenters. The van der Waals surface area contributed by atoms with Crippen molar-refractivity contribution in [1.82, 2.24) is 5.32 Å². The number of hydrogen-bond acceptors (Lipinski definition) is 2. The SMILES string of the molecule is CCCC(CCC)(C(=O)NC1CCCCCC1)C(N)=S. The first-order valence-electron chi connectivity index (χ1n) is 8.17. The van der Waals surface area contributed by atoms with E-state index in [1.165, 1.54) is 25.7 Å². The van der Waals surface area contributed by atoms with Crippen LogP contribution in [0, 0.1) is 5.41 Å². The summed E-state index contributed by atoms with van der Waals surface area (Å²) in [5.74, 6) is 0.0700. The van der Waals surface area contributed by atoms with E-state index in [9.17, 15) is 4.79 Å². The van der Waals surface area contributed by atoms with E-state index < -0.39 is 5.41 Å². The van der Waals surface area contributed by atoms with Crippen LogP contribution in [0.2, 0.25) is 0 Å². The van der Waals surface area contributed by atoms with Gasteiger partial charge >= 0.3 is 0 Å². The normalized spacial score (nSPS) is 17.5. The smallest absolute Gasteiger partial charge is 0.233 e. The molecule has 3 N–H and O–H groups in total. The minimum atomic E-state index is -0.634. The number of rotatable bonds is 7. The lowest BCUT2D eigenvalue weighted by atomic mass is 9.78. The van der Waals surface area contributed by atoms with Gasteiger partial charge in [-0.1, -0.05) is 64.6 Å². The van der Waals surface area contributed by atoms with Crippen LogP contribution in [0.5, 0.6) is 0 Å². The second kappa shape index (κ2) is 8.60. The highest BCUT2D eigenvalue weighted by Crippen LogP contribution is 2.31. The topological polar surface area (TPSA) is 55.1 Å². The van der Waals surface area contributed by atoms with Crippen LogP contribution in [-0.2, 0) is 4.79 Å². The lowest BCUT2D eigenvalue weighted by Crippen LogP contribution is -2.51. The predicted molar refractivity (Wildman–Crippen MR) is 88.7 cm³/mol. The Labute approximate surface area is 129 Å². The average molecular weight is 298 g/mol. The fourth-order valence-electron chi connectivity index (χ4n) is 3.31. The van der Waals surface area contributed by atoms with Crippen molar-refractivity contribution in [2.75, 3.05) is 0 Å². The third-order valence-electron chi connectivity index (χ3n) is 4.45. The van der Waals surface area contributed by atoms with Gasteiger partial charge in [-0.3, -0.25) is 4.79 Å². The molecule has 0 radical (unpaired) electrons. The summed E-state index contributed by atoms with van der Waals surface area (Å²) in [6.07, 6.45) is 10.6. The van der Waals surface area contributed by atoms with Crippen molar-refractivity contribution in [1.29, 1.82) is 0 Å². The molecule has 3 nitrogen and oxygen atoms in total. The summed E-state index contributed by atoms with van der Waals surface area (Å²) in [6, 6.07) is 0.312. The Hall–Kier alpha value is -0.640. The van der Waals surface area contributed by atoms with Gasteiger partial charge in [-0.2, -0.15) is 0 Å². The molecule has 0 aliphatic heterocycles. The van der Waals surface area contributed by atoms with E-state index in [4.69, 9.17) is 18.0 Å². The first-order valence-corrected chi connectivity index (χ1v) is 8.58. The molecule has 4 heteroatoms. The lowest BCUT2D eigenvalue weighted by molar-refractivity contribution is -0.129. The quantitative estimate of drug-likeness (QED) is 0.556. The van der Waals surface area contributed by atoms with Gasteiger partial charge in [-0.15, -0.1) is 0 Å². The van der Waals surface area contributed by atoms with Crippen molar-refractivity contribution >= 4 is 23.1 Å². The fourth-order valence-corrected chi connectivity index (χ4v) is 3.61. The molecule has 1 amide bonds. The number of thiocarbonyl (C=S) groups is 1. The summed E-state index contributed by atoms with van der Waals surface area (Å²) in [6.45, 7) is 4.17. The van der Waals surface area contributed by atoms with E-state index >= 15 is 0 Å². The third-order valence-corrected chi connectivity index (χ3v) is 4.84. The Morgan fingerprint density at radius 3 is 2.05 bits per heavy atom. The maximum atomic E-state index is 12.8. The summed E-state index contributed by atoms with van der Waals surface area (Å²) >= 11 is 5.25. The van der Waals surface area contributed by atoms with E-state index in [-0.39, 0.29) is 5.91 Å². The van der Waals surface area contributed by atoms with Crippen LogP contribution in [0.1, 0.15) is 78.1 Å². The molecule has 1 saturated carbocycles. The van der Waals surface area contributed by atoms with E-state index in [1.807, 2.05) is 0 Å². The Kier molecular flexibility index (Phi) is 7.49. The van der Waals surface area contributed by atoms with Crippen LogP contribution in [0.25, 0.3) is 0 Å². The van der Waals surface area contributed by atoms with Crippen LogP contribution in [0.15, 0.2) is 0 Å². The van der Waals surface area contributed by atoms with Gasteiger partial charge in [0.25, 0.3) is 0 Å². The molecule has 1 fully saturated rings. The van der Waals surface area contributed by atoms with Gasteiger partial charge in [-0.25, -0.2) is 0 Å². The van der Waals surface area contributed by atoms with Crippen molar-refractivity contribution in [3.05, 3.63) is 0 Å². The van der Waals surface area contributed by atoms with Crippen LogP contribution >= 0.6 is 12.2 Å². The van der Waals surface area contributed by atoms with E-state index in [0.717, 1.165) is 38.5 Å². The van der Waals surface area contributed by atoms with E-state index in [2.05, 4.69) is 19.2 Å². The molecule has 1 aliphatic carbocycles. The van der Waals surface area contributed by atoms with Crippen molar-refractivity contribution in [3.63, 3.8) is 0 Å². The van der Waals surface area contributed by atoms with Gasteiger partial charge in [0, 0.05) is 6.04 Å². The van der Waals surface area contributed by atoms with Gasteiger partial charge in [0.15, 0.2) is 0 Å². The summed E-state index contributed by atoms with van der Waals surface area (Å²) < 4.78 is 0. The summed E-state index contributed by atoms with van der Waals surface area (Å²) in [7, 11) is 0. The molecule has 0 saturated heterocycles. The molecule has 20 heavy (non-hydrogen) atoms. The summed E-state index contributed by atoms with van der Waals surface area (Å²) in [4.78, 5) is 13.2. The second-order valence-electron chi connectivity index (χ2n) is 6.11. The Bertz CT molecular complexity index is 316. The van der Waals surface area contributed by atoms with Crippen LogP contribution in [0.3, 0.4) is 0 Å². The number of carbonyl (C=O) groups excluding carboxylic acids is 1. The molecule has 0 aromatic heterocycles. The average Bonchev–Trinajstić information content (AvgIpc) is 2.66. The van der Waals surface area contributed by atoms with Crippen molar-refractivity contribution in [2.45, 2.75) is 84.1 Å². The van der Waals surface area contributed by atoms with Crippen LogP contribution < -0.4 is 11.1 Å². The molecule has 0 aromatic rings. The van der Waals surface area contributed by atoms with Crippen LogP contribution in [0.4, 0.5) is 0 Å². The maximum absolute atomic E-state index is 12.8. The van der Waals surface area contributed by atoms with Gasteiger partial charge < -0.3 is 11.1 Å². The van der Waals surface area contributed by atoms with Crippen LogP contribution in [-0.4, -0.2) is 16.9 Å². The zero-order valence-corrected chi connectivity index (χ0v) is 13.9. The van der Waals surface area contributed by atoms with Crippen molar-refractivity contribution in [2.24, 2.45) is 11.1 Å². The molecule has 0 unspecified atom stereocenters. The van der Waals surface area contributed by atoms with E-state index in [1.54, 1.807) is 0 Å². The first kappa shape index (κ1) is 17.4. The van der Waals surface area contributed by atoms with Crippen molar-refractivity contribution in [3.8, 4) is 0 Å². The molecule has 0 spiro atoms. The largest absolute Gasteiger partial charge is 0.392 e. The molecule has 0 bridgehead atoms. The summed E-state index contributed by atoms with van der Waals surface area (Å²) in [5, 5.41) is 3.24.